The van der Waals surface area contributed by atoms with Crippen molar-refractivity contribution in [1.29, 1.82) is 0 Å². The van der Waals surface area contributed by atoms with Gasteiger partial charge in [0.05, 0.1) is 12.1 Å². The first-order valence-electron chi connectivity index (χ1n) is 6.70. The zero-order valence-electron chi connectivity index (χ0n) is 11.7. The number of hydrogen-bond acceptors (Lipinski definition) is 3. The predicted octanol–water partition coefficient (Wildman–Crippen LogP) is 0.325. The number of aliphatic carboxylic acids is 1. The van der Waals surface area contributed by atoms with Crippen molar-refractivity contribution in [3.8, 4) is 0 Å². The van der Waals surface area contributed by atoms with Gasteiger partial charge >= 0.3 is 12.0 Å². The lowest BCUT2D eigenvalue weighted by atomic mass is 9.87. The van der Waals surface area contributed by atoms with Crippen LogP contribution in [0, 0.1) is 11.8 Å². The fraction of sp³-hybridized carbons (Fsp3) is 0.615. The van der Waals surface area contributed by atoms with Gasteiger partial charge < -0.3 is 15.3 Å². The number of rotatable bonds is 5. The summed E-state index contributed by atoms with van der Waals surface area (Å²) in [5.74, 6) is -1.13. The van der Waals surface area contributed by atoms with Crippen molar-refractivity contribution in [1.82, 2.24) is 20.0 Å². The van der Waals surface area contributed by atoms with Crippen molar-refractivity contribution in [2.45, 2.75) is 13.3 Å². The van der Waals surface area contributed by atoms with Crippen LogP contribution in [0.4, 0.5) is 4.79 Å². The highest BCUT2D eigenvalue weighted by Crippen LogP contribution is 2.23. The molecule has 2 N–H and O–H groups in total. The number of aromatic nitrogens is 2. The van der Waals surface area contributed by atoms with Gasteiger partial charge in [-0.05, 0) is 12.0 Å². The van der Waals surface area contributed by atoms with Gasteiger partial charge in [0.2, 0.25) is 0 Å². The second kappa shape index (κ2) is 5.94. The number of likely N-dealkylation sites (tertiary alicyclic amines) is 1. The van der Waals surface area contributed by atoms with Crippen LogP contribution >= 0.6 is 0 Å². The Bertz CT molecular complexity index is 494. The molecule has 1 aromatic rings. The zero-order chi connectivity index (χ0) is 14.7. The summed E-state index contributed by atoms with van der Waals surface area (Å²) >= 11 is 0. The summed E-state index contributed by atoms with van der Waals surface area (Å²) in [6, 6.07) is -0.122. The van der Waals surface area contributed by atoms with Crippen molar-refractivity contribution in [2.75, 3.05) is 19.6 Å². The van der Waals surface area contributed by atoms with Gasteiger partial charge in [-0.25, -0.2) is 4.79 Å². The number of carbonyl (C=O) groups is 2. The van der Waals surface area contributed by atoms with E-state index in [2.05, 4.69) is 10.4 Å². The molecule has 0 bridgehead atoms. The Balaban J connectivity index is 1.66. The Kier molecular flexibility index (Phi) is 4.26. The third-order valence-corrected chi connectivity index (χ3v) is 3.74. The number of carbonyl (C=O) groups excluding carboxylic acids is 1. The van der Waals surface area contributed by atoms with Crippen molar-refractivity contribution in [3.63, 3.8) is 0 Å². The van der Waals surface area contributed by atoms with E-state index in [1.165, 1.54) is 0 Å². The molecule has 0 aliphatic carbocycles. The van der Waals surface area contributed by atoms with Crippen LogP contribution in [0.15, 0.2) is 12.4 Å². The molecule has 7 nitrogen and oxygen atoms in total. The Labute approximate surface area is 117 Å². The third-order valence-electron chi connectivity index (χ3n) is 3.74. The minimum absolute atomic E-state index is 0.0663. The maximum atomic E-state index is 11.8. The molecule has 1 saturated heterocycles. The van der Waals surface area contributed by atoms with E-state index in [0.717, 1.165) is 12.0 Å². The van der Waals surface area contributed by atoms with Gasteiger partial charge in [-0.15, -0.1) is 0 Å². The monoisotopic (exact) mass is 280 g/mol. The van der Waals surface area contributed by atoms with E-state index in [-0.39, 0.29) is 11.9 Å². The van der Waals surface area contributed by atoms with Crippen LogP contribution in [-0.4, -0.2) is 51.4 Å². The number of nitrogens with zero attached hydrogens (tertiary/aromatic N) is 3. The summed E-state index contributed by atoms with van der Waals surface area (Å²) in [7, 11) is 1.85. The highest BCUT2D eigenvalue weighted by Gasteiger charge is 2.36. The van der Waals surface area contributed by atoms with Gasteiger partial charge in [-0.1, -0.05) is 6.92 Å². The molecule has 7 heteroatoms. The van der Waals surface area contributed by atoms with Crippen molar-refractivity contribution < 1.29 is 14.7 Å². The van der Waals surface area contributed by atoms with Crippen LogP contribution in [0.25, 0.3) is 0 Å². The van der Waals surface area contributed by atoms with E-state index < -0.39 is 11.9 Å². The fourth-order valence-electron chi connectivity index (χ4n) is 2.22. The Morgan fingerprint density at radius 1 is 1.55 bits per heavy atom. The fourth-order valence-corrected chi connectivity index (χ4v) is 2.22. The van der Waals surface area contributed by atoms with E-state index in [1.54, 1.807) is 22.7 Å². The van der Waals surface area contributed by atoms with Crippen LogP contribution < -0.4 is 5.32 Å². The topological polar surface area (TPSA) is 87.5 Å². The van der Waals surface area contributed by atoms with E-state index in [9.17, 15) is 9.59 Å². The first kappa shape index (κ1) is 14.4. The van der Waals surface area contributed by atoms with Crippen molar-refractivity contribution in [3.05, 3.63) is 18.0 Å². The first-order chi connectivity index (χ1) is 9.47. The summed E-state index contributed by atoms with van der Waals surface area (Å²) < 4.78 is 1.73. The van der Waals surface area contributed by atoms with Crippen LogP contribution in [0.5, 0.6) is 0 Å². The van der Waals surface area contributed by atoms with Crippen LogP contribution in [0.1, 0.15) is 12.5 Å². The molecule has 1 unspecified atom stereocenters. The molecule has 1 atom stereocenters. The van der Waals surface area contributed by atoms with E-state index in [0.29, 0.717) is 19.6 Å². The van der Waals surface area contributed by atoms with E-state index in [1.807, 2.05) is 13.2 Å². The summed E-state index contributed by atoms with van der Waals surface area (Å²) in [5.41, 5.74) is 1.08. The SMILES string of the molecule is CC(C(=O)O)C1CN(C(=O)NCCc2cnn(C)c2)C1. The van der Waals surface area contributed by atoms with Gasteiger partial charge in [0.25, 0.3) is 0 Å². The maximum Gasteiger partial charge on any atom is 0.317 e. The van der Waals surface area contributed by atoms with Crippen LogP contribution in [-0.2, 0) is 18.3 Å². The Morgan fingerprint density at radius 2 is 2.25 bits per heavy atom. The summed E-state index contributed by atoms with van der Waals surface area (Å²) in [6.45, 7) is 3.28. The molecule has 20 heavy (non-hydrogen) atoms. The Hall–Kier alpha value is -2.05. The smallest absolute Gasteiger partial charge is 0.317 e. The standard InChI is InChI=1S/C13H20N4O3/c1-9(12(18)19)11-7-17(8-11)13(20)14-4-3-10-5-15-16(2)6-10/h5-6,9,11H,3-4,7-8H2,1-2H3,(H,14,20)(H,18,19). The molecule has 2 rings (SSSR count). The molecule has 0 saturated carbocycles. The van der Waals surface area contributed by atoms with Gasteiger partial charge in [0, 0.05) is 38.8 Å². The molecule has 1 fully saturated rings. The molecule has 1 aliphatic heterocycles. The molecule has 1 aliphatic rings. The number of hydrogen-bond donors (Lipinski definition) is 2. The molecule has 0 radical (unpaired) electrons. The molecule has 0 aromatic carbocycles. The molecular weight excluding hydrogens is 260 g/mol. The van der Waals surface area contributed by atoms with Gasteiger partial charge in [0.15, 0.2) is 0 Å². The molecular formula is C13H20N4O3. The molecule has 1 aromatic heterocycles. The minimum Gasteiger partial charge on any atom is -0.481 e. The highest BCUT2D eigenvalue weighted by atomic mass is 16.4. The second-order valence-corrected chi connectivity index (χ2v) is 5.30. The lowest BCUT2D eigenvalue weighted by molar-refractivity contribution is -0.144. The maximum absolute atomic E-state index is 11.8. The molecule has 110 valence electrons. The second-order valence-electron chi connectivity index (χ2n) is 5.30. The van der Waals surface area contributed by atoms with Crippen molar-refractivity contribution in [2.24, 2.45) is 18.9 Å². The van der Waals surface area contributed by atoms with Crippen LogP contribution in [0.2, 0.25) is 0 Å². The molecule has 2 heterocycles. The summed E-state index contributed by atoms with van der Waals surface area (Å²) in [4.78, 5) is 24.3. The average molecular weight is 280 g/mol. The van der Waals surface area contributed by atoms with E-state index >= 15 is 0 Å². The number of aryl methyl sites for hydroxylation is 1. The average Bonchev–Trinajstić information content (AvgIpc) is 2.73. The minimum atomic E-state index is -0.799. The lowest BCUT2D eigenvalue weighted by Crippen LogP contribution is -2.56. The predicted molar refractivity (Wildman–Crippen MR) is 72.2 cm³/mol. The number of nitrogens with one attached hydrogen (secondary N) is 1. The summed E-state index contributed by atoms with van der Waals surface area (Å²) in [6.07, 6.45) is 4.43. The number of urea groups is 1. The van der Waals surface area contributed by atoms with Gasteiger partial charge in [-0.3, -0.25) is 9.48 Å². The number of carboxylic acids is 1. The highest BCUT2D eigenvalue weighted by molar-refractivity contribution is 5.76. The van der Waals surface area contributed by atoms with E-state index in [4.69, 9.17) is 5.11 Å². The quantitative estimate of drug-likeness (QED) is 0.813. The number of amides is 2. The number of carboxylic acid groups (broad SMARTS) is 1. The molecule has 0 spiro atoms. The lowest BCUT2D eigenvalue weighted by Gasteiger charge is -2.41. The van der Waals surface area contributed by atoms with Crippen molar-refractivity contribution >= 4 is 12.0 Å². The zero-order valence-corrected chi connectivity index (χ0v) is 11.7. The largest absolute Gasteiger partial charge is 0.481 e. The summed E-state index contributed by atoms with van der Waals surface area (Å²) in [5, 5.41) is 15.8. The molecule has 2 amide bonds. The first-order valence-corrected chi connectivity index (χ1v) is 6.70. The van der Waals surface area contributed by atoms with Gasteiger partial charge in [0.1, 0.15) is 0 Å². The van der Waals surface area contributed by atoms with Gasteiger partial charge in [-0.2, -0.15) is 5.10 Å². The third kappa shape index (κ3) is 3.28. The van der Waals surface area contributed by atoms with Crippen LogP contribution in [0.3, 0.4) is 0 Å². The normalized spacial score (nSPS) is 16.6. The Morgan fingerprint density at radius 3 is 2.80 bits per heavy atom.